The zero-order valence-corrected chi connectivity index (χ0v) is 10.0. The number of nitrogens with two attached hydrogens (primary N) is 1. The summed E-state index contributed by atoms with van der Waals surface area (Å²) < 4.78 is 0. The van der Waals surface area contributed by atoms with Crippen LogP contribution in [0.4, 0.5) is 0 Å². The number of hydrogen-bond acceptors (Lipinski definition) is 3. The Balaban J connectivity index is 2.28. The minimum Gasteiger partial charge on any atom is -0.356 e. The van der Waals surface area contributed by atoms with Crippen LogP contribution in [0.5, 0.6) is 0 Å². The van der Waals surface area contributed by atoms with Crippen molar-refractivity contribution in [2.45, 2.75) is 32.7 Å². The molecule has 5 nitrogen and oxygen atoms in total. The number of piperidine rings is 1. The van der Waals surface area contributed by atoms with Crippen molar-refractivity contribution in [2.24, 2.45) is 11.7 Å². The van der Waals surface area contributed by atoms with Gasteiger partial charge in [0.2, 0.25) is 11.8 Å². The van der Waals surface area contributed by atoms with Crippen molar-refractivity contribution in [1.82, 2.24) is 10.2 Å². The van der Waals surface area contributed by atoms with Gasteiger partial charge in [0.15, 0.2) is 0 Å². The average Bonchev–Trinajstić information content (AvgIpc) is 2.26. The van der Waals surface area contributed by atoms with Gasteiger partial charge < -0.3 is 16.0 Å². The Morgan fingerprint density at radius 3 is 2.44 bits per heavy atom. The second-order valence-corrected chi connectivity index (χ2v) is 4.49. The standard InChI is InChI=1S/C11H21N3O2/c1-8(12)11(16)14-5-3-10(4-6-14)7-13-9(2)15/h8,10H,3-7,12H2,1-2H3,(H,13,15)/t8-/m0/s1. The number of amides is 2. The van der Waals surface area contributed by atoms with Crippen LogP contribution in [0.25, 0.3) is 0 Å². The smallest absolute Gasteiger partial charge is 0.239 e. The number of carbonyl (C=O) groups is 2. The summed E-state index contributed by atoms with van der Waals surface area (Å²) in [5, 5.41) is 2.81. The lowest BCUT2D eigenvalue weighted by atomic mass is 9.96. The molecule has 0 bridgehead atoms. The van der Waals surface area contributed by atoms with Gasteiger partial charge in [0.1, 0.15) is 0 Å². The van der Waals surface area contributed by atoms with E-state index in [4.69, 9.17) is 5.73 Å². The highest BCUT2D eigenvalue weighted by atomic mass is 16.2. The minimum absolute atomic E-state index is 0.00841. The number of carbonyl (C=O) groups excluding carboxylic acids is 2. The molecule has 0 aromatic heterocycles. The van der Waals surface area contributed by atoms with Gasteiger partial charge in [0.25, 0.3) is 0 Å². The molecule has 1 heterocycles. The van der Waals surface area contributed by atoms with Crippen molar-refractivity contribution in [3.05, 3.63) is 0 Å². The molecule has 1 fully saturated rings. The first-order valence-electron chi connectivity index (χ1n) is 5.79. The van der Waals surface area contributed by atoms with Crippen LogP contribution in [0.2, 0.25) is 0 Å². The zero-order valence-electron chi connectivity index (χ0n) is 10.0. The van der Waals surface area contributed by atoms with Gasteiger partial charge >= 0.3 is 0 Å². The first kappa shape index (κ1) is 13.0. The van der Waals surface area contributed by atoms with E-state index in [0.29, 0.717) is 5.92 Å². The van der Waals surface area contributed by atoms with Crippen LogP contribution >= 0.6 is 0 Å². The van der Waals surface area contributed by atoms with Crippen molar-refractivity contribution >= 4 is 11.8 Å². The molecule has 1 rings (SSSR count). The maximum atomic E-state index is 11.6. The highest BCUT2D eigenvalue weighted by Gasteiger charge is 2.24. The van der Waals surface area contributed by atoms with Crippen LogP contribution in [-0.4, -0.2) is 42.4 Å². The molecular formula is C11H21N3O2. The second-order valence-electron chi connectivity index (χ2n) is 4.49. The fourth-order valence-corrected chi connectivity index (χ4v) is 1.93. The van der Waals surface area contributed by atoms with Crippen LogP contribution in [-0.2, 0) is 9.59 Å². The number of nitrogens with one attached hydrogen (secondary N) is 1. The lowest BCUT2D eigenvalue weighted by molar-refractivity contribution is -0.133. The lowest BCUT2D eigenvalue weighted by Crippen LogP contribution is -2.47. The summed E-state index contributed by atoms with van der Waals surface area (Å²) in [4.78, 5) is 24.2. The van der Waals surface area contributed by atoms with Crippen LogP contribution < -0.4 is 11.1 Å². The molecule has 5 heteroatoms. The van der Waals surface area contributed by atoms with E-state index in [1.165, 1.54) is 6.92 Å². The van der Waals surface area contributed by atoms with Crippen LogP contribution in [0.3, 0.4) is 0 Å². The van der Waals surface area contributed by atoms with Crippen molar-refractivity contribution in [1.29, 1.82) is 0 Å². The molecular weight excluding hydrogens is 206 g/mol. The van der Waals surface area contributed by atoms with Crippen molar-refractivity contribution in [3.63, 3.8) is 0 Å². The Hall–Kier alpha value is -1.10. The molecule has 0 aromatic carbocycles. The molecule has 0 aromatic rings. The van der Waals surface area contributed by atoms with Gasteiger partial charge in [-0.1, -0.05) is 0 Å². The highest BCUT2D eigenvalue weighted by Crippen LogP contribution is 2.16. The summed E-state index contributed by atoms with van der Waals surface area (Å²) in [6.45, 7) is 5.46. The average molecular weight is 227 g/mol. The van der Waals surface area contributed by atoms with E-state index in [9.17, 15) is 9.59 Å². The molecule has 1 aliphatic heterocycles. The topological polar surface area (TPSA) is 75.4 Å². The van der Waals surface area contributed by atoms with Gasteiger partial charge in [-0.2, -0.15) is 0 Å². The monoisotopic (exact) mass is 227 g/mol. The summed E-state index contributed by atoms with van der Waals surface area (Å²) >= 11 is 0. The Morgan fingerprint density at radius 1 is 1.44 bits per heavy atom. The SMILES string of the molecule is CC(=O)NCC1CCN(C(=O)[C@H](C)N)CC1. The molecule has 0 unspecified atom stereocenters. The molecule has 2 amide bonds. The van der Waals surface area contributed by atoms with E-state index in [1.54, 1.807) is 6.92 Å². The number of nitrogens with zero attached hydrogens (tertiary/aromatic N) is 1. The Labute approximate surface area is 96.4 Å². The third-order valence-electron chi connectivity index (χ3n) is 2.96. The normalized spacial score (nSPS) is 19.3. The van der Waals surface area contributed by atoms with Crippen molar-refractivity contribution < 1.29 is 9.59 Å². The molecule has 16 heavy (non-hydrogen) atoms. The summed E-state index contributed by atoms with van der Waals surface area (Å²) in [7, 11) is 0. The number of hydrogen-bond donors (Lipinski definition) is 2. The number of likely N-dealkylation sites (tertiary alicyclic amines) is 1. The first-order chi connectivity index (χ1) is 7.50. The van der Waals surface area contributed by atoms with E-state index in [1.807, 2.05) is 4.90 Å². The van der Waals surface area contributed by atoms with E-state index in [-0.39, 0.29) is 11.8 Å². The van der Waals surface area contributed by atoms with Gasteiger partial charge in [-0.3, -0.25) is 9.59 Å². The van der Waals surface area contributed by atoms with Crippen LogP contribution in [0, 0.1) is 5.92 Å². The molecule has 0 spiro atoms. The predicted octanol–water partition coefficient (Wildman–Crippen LogP) is -0.292. The Bertz CT molecular complexity index is 258. The molecule has 3 N–H and O–H groups in total. The summed E-state index contributed by atoms with van der Waals surface area (Å²) in [6.07, 6.45) is 1.89. The second kappa shape index (κ2) is 5.84. The fourth-order valence-electron chi connectivity index (χ4n) is 1.93. The Kier molecular flexibility index (Phi) is 4.73. The van der Waals surface area contributed by atoms with Gasteiger partial charge in [-0.15, -0.1) is 0 Å². The zero-order chi connectivity index (χ0) is 12.1. The van der Waals surface area contributed by atoms with Gasteiger partial charge in [0.05, 0.1) is 6.04 Å². The molecule has 1 saturated heterocycles. The van der Waals surface area contributed by atoms with E-state index in [2.05, 4.69) is 5.32 Å². The lowest BCUT2D eigenvalue weighted by Gasteiger charge is -2.33. The van der Waals surface area contributed by atoms with E-state index in [0.717, 1.165) is 32.5 Å². The van der Waals surface area contributed by atoms with Crippen molar-refractivity contribution in [2.75, 3.05) is 19.6 Å². The molecule has 92 valence electrons. The summed E-state index contributed by atoms with van der Waals surface area (Å²) in [5.41, 5.74) is 5.55. The molecule has 0 aliphatic carbocycles. The van der Waals surface area contributed by atoms with Crippen LogP contribution in [0.1, 0.15) is 26.7 Å². The Morgan fingerprint density at radius 2 is 2.00 bits per heavy atom. The molecule has 1 atom stereocenters. The maximum Gasteiger partial charge on any atom is 0.239 e. The minimum atomic E-state index is -0.410. The van der Waals surface area contributed by atoms with Gasteiger partial charge in [0, 0.05) is 26.6 Å². The maximum absolute atomic E-state index is 11.6. The molecule has 0 saturated carbocycles. The van der Waals surface area contributed by atoms with Crippen molar-refractivity contribution in [3.8, 4) is 0 Å². The fraction of sp³-hybridized carbons (Fsp3) is 0.818. The third kappa shape index (κ3) is 3.81. The largest absolute Gasteiger partial charge is 0.356 e. The summed E-state index contributed by atoms with van der Waals surface area (Å²) in [5.74, 6) is 0.521. The molecule has 1 aliphatic rings. The van der Waals surface area contributed by atoms with Gasteiger partial charge in [-0.05, 0) is 25.7 Å². The first-order valence-corrected chi connectivity index (χ1v) is 5.79. The predicted molar refractivity (Wildman–Crippen MR) is 61.6 cm³/mol. The summed E-state index contributed by atoms with van der Waals surface area (Å²) in [6, 6.07) is -0.410. The van der Waals surface area contributed by atoms with E-state index < -0.39 is 6.04 Å². The van der Waals surface area contributed by atoms with Crippen LogP contribution in [0.15, 0.2) is 0 Å². The van der Waals surface area contributed by atoms with Gasteiger partial charge in [-0.25, -0.2) is 0 Å². The highest BCUT2D eigenvalue weighted by molar-refractivity contribution is 5.81. The quantitative estimate of drug-likeness (QED) is 0.695. The number of rotatable bonds is 3. The third-order valence-corrected chi connectivity index (χ3v) is 2.96. The van der Waals surface area contributed by atoms with E-state index >= 15 is 0 Å². The molecule has 0 radical (unpaired) electrons.